The van der Waals surface area contributed by atoms with Gasteiger partial charge in [0.2, 0.25) is 12.7 Å². The standard InChI is InChI=1S/C16H15N3O3/c1-11-6-13(19-9-18-11)8-17-16(20)5-3-12-2-4-14-15(7-12)22-10-21-14/h2-7,9H,8,10H2,1H3,(H,17,20)/b5-3+. The number of nitrogens with zero attached hydrogens (tertiary/aromatic N) is 2. The molecule has 1 aliphatic heterocycles. The van der Waals surface area contributed by atoms with Crippen LogP contribution >= 0.6 is 0 Å². The van der Waals surface area contributed by atoms with Crippen molar-refractivity contribution in [3.8, 4) is 11.5 Å². The van der Waals surface area contributed by atoms with Crippen LogP contribution in [0.15, 0.2) is 36.7 Å². The average Bonchev–Trinajstić information content (AvgIpc) is 2.98. The van der Waals surface area contributed by atoms with E-state index in [1.54, 1.807) is 6.08 Å². The highest BCUT2D eigenvalue weighted by molar-refractivity contribution is 5.91. The topological polar surface area (TPSA) is 73.3 Å². The predicted molar refractivity (Wildman–Crippen MR) is 80.2 cm³/mol. The van der Waals surface area contributed by atoms with Crippen LogP contribution in [0.4, 0.5) is 0 Å². The van der Waals surface area contributed by atoms with Crippen LogP contribution in [-0.4, -0.2) is 22.7 Å². The average molecular weight is 297 g/mol. The third-order valence-corrected chi connectivity index (χ3v) is 3.13. The molecule has 1 N–H and O–H groups in total. The number of amides is 1. The van der Waals surface area contributed by atoms with Crippen LogP contribution < -0.4 is 14.8 Å². The monoisotopic (exact) mass is 297 g/mol. The van der Waals surface area contributed by atoms with Gasteiger partial charge < -0.3 is 14.8 Å². The van der Waals surface area contributed by atoms with Gasteiger partial charge in [0.1, 0.15) is 6.33 Å². The van der Waals surface area contributed by atoms with Crippen molar-refractivity contribution in [3.63, 3.8) is 0 Å². The van der Waals surface area contributed by atoms with Crippen LogP contribution in [0.3, 0.4) is 0 Å². The van der Waals surface area contributed by atoms with E-state index < -0.39 is 0 Å². The molecule has 2 aromatic rings. The molecule has 1 amide bonds. The van der Waals surface area contributed by atoms with Gasteiger partial charge in [-0.3, -0.25) is 4.79 Å². The van der Waals surface area contributed by atoms with Crippen LogP contribution in [0, 0.1) is 6.92 Å². The van der Waals surface area contributed by atoms with E-state index in [-0.39, 0.29) is 12.7 Å². The maximum Gasteiger partial charge on any atom is 0.244 e. The van der Waals surface area contributed by atoms with Crippen molar-refractivity contribution in [1.29, 1.82) is 0 Å². The van der Waals surface area contributed by atoms with Crippen molar-refractivity contribution in [3.05, 3.63) is 53.6 Å². The van der Waals surface area contributed by atoms with Gasteiger partial charge in [-0.25, -0.2) is 9.97 Å². The number of benzene rings is 1. The Balaban J connectivity index is 1.57. The molecular formula is C16H15N3O3. The number of ether oxygens (including phenoxy) is 2. The van der Waals surface area contributed by atoms with E-state index in [4.69, 9.17) is 9.47 Å². The molecular weight excluding hydrogens is 282 g/mol. The van der Waals surface area contributed by atoms with Crippen LogP contribution in [0.25, 0.3) is 6.08 Å². The molecule has 0 fully saturated rings. The van der Waals surface area contributed by atoms with Gasteiger partial charge in [0.25, 0.3) is 0 Å². The molecule has 0 unspecified atom stereocenters. The van der Waals surface area contributed by atoms with Gasteiger partial charge in [-0.1, -0.05) is 6.07 Å². The van der Waals surface area contributed by atoms with Crippen molar-refractivity contribution in [2.45, 2.75) is 13.5 Å². The summed E-state index contributed by atoms with van der Waals surface area (Å²) < 4.78 is 10.5. The summed E-state index contributed by atoms with van der Waals surface area (Å²) in [6, 6.07) is 7.36. The molecule has 0 aliphatic carbocycles. The second-order valence-electron chi connectivity index (χ2n) is 4.81. The number of aryl methyl sites for hydroxylation is 1. The molecule has 0 saturated heterocycles. The lowest BCUT2D eigenvalue weighted by molar-refractivity contribution is -0.116. The Kier molecular flexibility index (Phi) is 4.00. The minimum absolute atomic E-state index is 0.186. The van der Waals surface area contributed by atoms with Crippen molar-refractivity contribution < 1.29 is 14.3 Å². The summed E-state index contributed by atoms with van der Waals surface area (Å²) >= 11 is 0. The third kappa shape index (κ3) is 3.41. The van der Waals surface area contributed by atoms with Crippen LogP contribution in [0.5, 0.6) is 11.5 Å². The zero-order valence-electron chi connectivity index (χ0n) is 12.1. The lowest BCUT2D eigenvalue weighted by Crippen LogP contribution is -2.21. The maximum atomic E-state index is 11.8. The first-order chi connectivity index (χ1) is 10.7. The number of hydrogen-bond acceptors (Lipinski definition) is 5. The molecule has 0 radical (unpaired) electrons. The van der Waals surface area contributed by atoms with E-state index in [0.717, 1.165) is 22.7 Å². The predicted octanol–water partition coefficient (Wildman–Crippen LogP) is 1.84. The fourth-order valence-electron chi connectivity index (χ4n) is 2.03. The summed E-state index contributed by atoms with van der Waals surface area (Å²) in [6.07, 6.45) is 4.69. The number of carbonyl (C=O) groups excluding carboxylic acids is 1. The van der Waals surface area contributed by atoms with Gasteiger partial charge in [0.15, 0.2) is 11.5 Å². The molecule has 6 heteroatoms. The molecule has 112 valence electrons. The minimum Gasteiger partial charge on any atom is -0.454 e. The van der Waals surface area contributed by atoms with Crippen molar-refractivity contribution in [2.24, 2.45) is 0 Å². The van der Waals surface area contributed by atoms with E-state index in [0.29, 0.717) is 12.3 Å². The zero-order chi connectivity index (χ0) is 15.4. The third-order valence-electron chi connectivity index (χ3n) is 3.13. The first-order valence-electron chi connectivity index (χ1n) is 6.84. The number of carbonyl (C=O) groups is 1. The molecule has 1 aliphatic rings. The van der Waals surface area contributed by atoms with Crippen LogP contribution in [-0.2, 0) is 11.3 Å². The van der Waals surface area contributed by atoms with Gasteiger partial charge >= 0.3 is 0 Å². The molecule has 0 bridgehead atoms. The molecule has 0 spiro atoms. The number of fused-ring (bicyclic) bond motifs is 1. The Labute approximate surface area is 127 Å². The first-order valence-corrected chi connectivity index (χ1v) is 6.84. The summed E-state index contributed by atoms with van der Waals surface area (Å²) in [5.41, 5.74) is 2.52. The molecule has 1 aromatic heterocycles. The van der Waals surface area contributed by atoms with Crippen molar-refractivity contribution >= 4 is 12.0 Å². The summed E-state index contributed by atoms with van der Waals surface area (Å²) in [7, 11) is 0. The molecule has 6 nitrogen and oxygen atoms in total. The van der Waals surface area contributed by atoms with Crippen molar-refractivity contribution in [1.82, 2.24) is 15.3 Å². The van der Waals surface area contributed by atoms with E-state index in [9.17, 15) is 4.79 Å². The quantitative estimate of drug-likeness (QED) is 0.872. The van der Waals surface area contributed by atoms with E-state index >= 15 is 0 Å². The number of rotatable bonds is 4. The van der Waals surface area contributed by atoms with Gasteiger partial charge in [-0.15, -0.1) is 0 Å². The molecule has 0 saturated carbocycles. The SMILES string of the molecule is Cc1cc(CNC(=O)/C=C/c2ccc3c(c2)OCO3)ncn1. The fraction of sp³-hybridized carbons (Fsp3) is 0.188. The lowest BCUT2D eigenvalue weighted by atomic mass is 10.2. The highest BCUT2D eigenvalue weighted by Crippen LogP contribution is 2.32. The number of aromatic nitrogens is 2. The number of hydrogen-bond donors (Lipinski definition) is 1. The summed E-state index contributed by atoms with van der Waals surface area (Å²) in [5.74, 6) is 1.23. The molecule has 0 atom stereocenters. The summed E-state index contributed by atoms with van der Waals surface area (Å²) in [5, 5.41) is 2.78. The molecule has 1 aromatic carbocycles. The Morgan fingerprint density at radius 2 is 2.14 bits per heavy atom. The van der Waals surface area contributed by atoms with Gasteiger partial charge in [0.05, 0.1) is 12.2 Å². The Morgan fingerprint density at radius 3 is 3.00 bits per heavy atom. The van der Waals surface area contributed by atoms with Gasteiger partial charge in [0, 0.05) is 11.8 Å². The molecule has 3 rings (SSSR count). The summed E-state index contributed by atoms with van der Waals surface area (Å²) in [4.78, 5) is 19.9. The van der Waals surface area contributed by atoms with Crippen LogP contribution in [0.2, 0.25) is 0 Å². The number of nitrogens with one attached hydrogen (secondary N) is 1. The van der Waals surface area contributed by atoms with Gasteiger partial charge in [-0.2, -0.15) is 0 Å². The Bertz CT molecular complexity index is 728. The van der Waals surface area contributed by atoms with Gasteiger partial charge in [-0.05, 0) is 36.8 Å². The van der Waals surface area contributed by atoms with E-state index in [2.05, 4.69) is 15.3 Å². The molecule has 2 heterocycles. The van der Waals surface area contributed by atoms with Crippen molar-refractivity contribution in [2.75, 3.05) is 6.79 Å². The zero-order valence-corrected chi connectivity index (χ0v) is 12.1. The largest absolute Gasteiger partial charge is 0.454 e. The Hall–Kier alpha value is -2.89. The van der Waals surface area contributed by atoms with E-state index in [1.807, 2.05) is 31.2 Å². The lowest BCUT2D eigenvalue weighted by Gasteiger charge is -2.02. The maximum absolute atomic E-state index is 11.8. The summed E-state index contributed by atoms with van der Waals surface area (Å²) in [6.45, 7) is 2.49. The second-order valence-corrected chi connectivity index (χ2v) is 4.81. The smallest absolute Gasteiger partial charge is 0.244 e. The van der Waals surface area contributed by atoms with Crippen LogP contribution in [0.1, 0.15) is 17.0 Å². The fourth-order valence-corrected chi connectivity index (χ4v) is 2.03. The normalized spacial score (nSPS) is 12.6. The second kappa shape index (κ2) is 6.26. The highest BCUT2D eigenvalue weighted by atomic mass is 16.7. The first kappa shape index (κ1) is 14.1. The Morgan fingerprint density at radius 1 is 1.27 bits per heavy atom. The van der Waals surface area contributed by atoms with E-state index in [1.165, 1.54) is 12.4 Å². The highest BCUT2D eigenvalue weighted by Gasteiger charge is 2.12. The minimum atomic E-state index is -0.186. The molecule has 22 heavy (non-hydrogen) atoms.